The minimum atomic E-state index is -1.12. The van der Waals surface area contributed by atoms with E-state index in [9.17, 15) is 19.5 Å². The van der Waals surface area contributed by atoms with Crippen LogP contribution in [0.1, 0.15) is 145 Å². The summed E-state index contributed by atoms with van der Waals surface area (Å²) in [4.78, 5) is 36.8. The van der Waals surface area contributed by atoms with Gasteiger partial charge in [0.2, 0.25) is 0 Å². The topological polar surface area (TPSA) is 80.7 Å². The van der Waals surface area contributed by atoms with Crippen molar-refractivity contribution in [1.82, 2.24) is 0 Å². The van der Waals surface area contributed by atoms with Crippen molar-refractivity contribution < 1.29 is 24.2 Å². The van der Waals surface area contributed by atoms with E-state index in [4.69, 9.17) is 4.74 Å². The summed E-state index contributed by atoms with van der Waals surface area (Å²) in [6.07, 6.45) is 16.5. The van der Waals surface area contributed by atoms with Gasteiger partial charge in [-0.1, -0.05) is 41.5 Å². The molecule has 43 heavy (non-hydrogen) atoms. The first kappa shape index (κ1) is 31.6. The number of ether oxygens (including phenoxy) is 1. The molecule has 6 fully saturated rings. The van der Waals surface area contributed by atoms with Crippen molar-refractivity contribution in [3.05, 3.63) is 0 Å². The fraction of sp³-hybridized carbons (Fsp3) is 0.921. The SMILES string of the molecule is CC(C)(CC(=O)O[C@H]1CC[C@]2(C)[C@H]3CC[C@@H]4[C@H]5[C@H](C6(C)CC6)CC[C@]5(CC=O)CC[C@@]4(C)[C@]3(C)CC[C@H]2C1(C)C)C(=O)O. The number of aliphatic carboxylic acids is 1. The number of carbonyl (C=O) groups is 3. The quantitative estimate of drug-likeness (QED) is 0.234. The lowest BCUT2D eigenvalue weighted by Crippen LogP contribution is -2.67. The molecule has 1 N–H and O–H groups in total. The summed E-state index contributed by atoms with van der Waals surface area (Å²) < 4.78 is 6.15. The summed E-state index contributed by atoms with van der Waals surface area (Å²) in [7, 11) is 0. The highest BCUT2D eigenvalue weighted by Gasteiger charge is 2.72. The zero-order valence-corrected chi connectivity index (χ0v) is 28.5. The predicted molar refractivity (Wildman–Crippen MR) is 168 cm³/mol. The Hall–Kier alpha value is -1.39. The summed E-state index contributed by atoms with van der Waals surface area (Å²) in [6.45, 7) is 18.3. The van der Waals surface area contributed by atoms with Crippen LogP contribution in [0, 0.1) is 67.5 Å². The van der Waals surface area contributed by atoms with Gasteiger partial charge in [-0.25, -0.2) is 0 Å². The maximum Gasteiger partial charge on any atom is 0.309 e. The molecule has 0 aliphatic heterocycles. The minimum Gasteiger partial charge on any atom is -0.481 e. The average molecular weight is 597 g/mol. The van der Waals surface area contributed by atoms with E-state index in [0.29, 0.717) is 28.6 Å². The summed E-state index contributed by atoms with van der Waals surface area (Å²) in [6, 6.07) is 0. The maximum atomic E-state index is 13.0. The number of esters is 1. The Morgan fingerprint density at radius 1 is 0.791 bits per heavy atom. The molecule has 6 rings (SSSR count). The summed E-state index contributed by atoms with van der Waals surface area (Å²) in [5, 5.41) is 9.55. The Bertz CT molecular complexity index is 1170. The van der Waals surface area contributed by atoms with Crippen LogP contribution in [0.2, 0.25) is 0 Å². The van der Waals surface area contributed by atoms with Crippen LogP contribution >= 0.6 is 0 Å². The lowest BCUT2D eigenvalue weighted by atomic mass is 9.32. The van der Waals surface area contributed by atoms with Gasteiger partial charge < -0.3 is 14.6 Å². The highest BCUT2D eigenvalue weighted by Crippen LogP contribution is 2.79. The van der Waals surface area contributed by atoms with Crippen molar-refractivity contribution in [3.63, 3.8) is 0 Å². The molecule has 0 spiro atoms. The van der Waals surface area contributed by atoms with Crippen LogP contribution in [0.15, 0.2) is 0 Å². The third-order valence-electron chi connectivity index (χ3n) is 16.4. The lowest BCUT2D eigenvalue weighted by Gasteiger charge is -2.73. The second-order valence-electron chi connectivity index (χ2n) is 18.9. The number of hydrogen-bond acceptors (Lipinski definition) is 4. The normalized spacial score (nSPS) is 47.7. The molecular formula is C38H60O5. The van der Waals surface area contributed by atoms with E-state index < -0.39 is 11.4 Å². The number of carbonyl (C=O) groups excluding carboxylic acids is 2. The first-order valence-corrected chi connectivity index (χ1v) is 17.8. The van der Waals surface area contributed by atoms with Crippen LogP contribution in [0.5, 0.6) is 0 Å². The van der Waals surface area contributed by atoms with Crippen LogP contribution in [0.3, 0.4) is 0 Å². The molecule has 6 aliphatic rings. The third-order valence-corrected chi connectivity index (χ3v) is 16.4. The van der Waals surface area contributed by atoms with E-state index >= 15 is 0 Å². The third kappa shape index (κ3) is 4.38. The van der Waals surface area contributed by atoms with E-state index in [-0.39, 0.29) is 40.2 Å². The summed E-state index contributed by atoms with van der Waals surface area (Å²) >= 11 is 0. The van der Waals surface area contributed by atoms with E-state index in [1.165, 1.54) is 70.5 Å². The van der Waals surface area contributed by atoms with Crippen LogP contribution in [-0.2, 0) is 19.1 Å². The van der Waals surface area contributed by atoms with Crippen molar-refractivity contribution in [2.24, 2.45) is 67.5 Å². The van der Waals surface area contributed by atoms with Gasteiger partial charge in [-0.2, -0.15) is 0 Å². The van der Waals surface area contributed by atoms with Gasteiger partial charge in [0.05, 0.1) is 11.8 Å². The molecule has 5 nitrogen and oxygen atoms in total. The number of aldehydes is 1. The molecule has 0 amide bonds. The molecule has 6 aliphatic carbocycles. The Morgan fingerprint density at radius 3 is 2.12 bits per heavy atom. The van der Waals surface area contributed by atoms with Crippen molar-refractivity contribution >= 4 is 18.2 Å². The molecule has 0 aromatic carbocycles. The Labute approximate surface area is 261 Å². The molecule has 0 bridgehead atoms. The molecule has 0 radical (unpaired) electrons. The minimum absolute atomic E-state index is 0.0932. The summed E-state index contributed by atoms with van der Waals surface area (Å²) in [5.41, 5.74) is 0.242. The zero-order chi connectivity index (χ0) is 31.4. The molecule has 0 aromatic rings. The highest BCUT2D eigenvalue weighted by molar-refractivity contribution is 5.81. The molecule has 10 atom stereocenters. The van der Waals surface area contributed by atoms with Crippen molar-refractivity contribution in [2.75, 3.05) is 0 Å². The number of rotatable bonds is 7. The first-order valence-electron chi connectivity index (χ1n) is 17.8. The van der Waals surface area contributed by atoms with Crippen molar-refractivity contribution in [2.45, 2.75) is 151 Å². The van der Waals surface area contributed by atoms with E-state index in [1.807, 2.05) is 0 Å². The Balaban J connectivity index is 1.26. The standard InChI is InChI=1S/C38H60O5/c1-32(2,31(41)42)23-29(40)43-28-13-14-35(6)26(33(28,3)4)12-15-37(8)27(35)10-9-25-30-24(34(5)17-18-34)11-16-38(30,21-22-39)20-19-36(25,37)7/h22,24-28,30H,9-21,23H2,1-8H3,(H,41,42)/t24-,25-,26+,27-,28+,30-,35+,36-,37-,38-/m1/s1. The van der Waals surface area contributed by atoms with Crippen LogP contribution in [0.25, 0.3) is 0 Å². The molecule has 0 saturated heterocycles. The van der Waals surface area contributed by atoms with Gasteiger partial charge in [0, 0.05) is 11.8 Å². The van der Waals surface area contributed by atoms with Gasteiger partial charge in [-0.05, 0) is 148 Å². The molecular weight excluding hydrogens is 536 g/mol. The highest BCUT2D eigenvalue weighted by atomic mass is 16.5. The first-order chi connectivity index (χ1) is 19.9. The largest absolute Gasteiger partial charge is 0.481 e. The van der Waals surface area contributed by atoms with Gasteiger partial charge in [0.25, 0.3) is 0 Å². The van der Waals surface area contributed by atoms with E-state index in [2.05, 4.69) is 41.5 Å². The van der Waals surface area contributed by atoms with Gasteiger partial charge in [0.1, 0.15) is 12.4 Å². The van der Waals surface area contributed by atoms with E-state index in [1.54, 1.807) is 13.8 Å². The van der Waals surface area contributed by atoms with Crippen LogP contribution in [0.4, 0.5) is 0 Å². The number of carboxylic acids is 1. The van der Waals surface area contributed by atoms with Gasteiger partial charge in [-0.15, -0.1) is 0 Å². The molecule has 5 heteroatoms. The molecule has 0 unspecified atom stereocenters. The summed E-state index contributed by atoms with van der Waals surface area (Å²) in [5.74, 6) is 2.00. The number of fused-ring (bicyclic) bond motifs is 7. The fourth-order valence-corrected chi connectivity index (χ4v) is 13.4. The second kappa shape index (κ2) is 9.81. The average Bonchev–Trinajstić information content (AvgIpc) is 3.53. The second-order valence-corrected chi connectivity index (χ2v) is 18.9. The van der Waals surface area contributed by atoms with Gasteiger partial charge >= 0.3 is 11.9 Å². The molecule has 0 heterocycles. The molecule has 242 valence electrons. The lowest BCUT2D eigenvalue weighted by molar-refractivity contribution is -0.252. The molecule has 6 saturated carbocycles. The molecule has 0 aromatic heterocycles. The van der Waals surface area contributed by atoms with Crippen molar-refractivity contribution in [3.8, 4) is 0 Å². The predicted octanol–water partition coefficient (Wildman–Crippen LogP) is 8.87. The fourth-order valence-electron chi connectivity index (χ4n) is 13.4. The monoisotopic (exact) mass is 596 g/mol. The smallest absolute Gasteiger partial charge is 0.309 e. The van der Waals surface area contributed by atoms with Gasteiger partial charge in [-0.3, -0.25) is 9.59 Å². The zero-order valence-electron chi connectivity index (χ0n) is 28.5. The van der Waals surface area contributed by atoms with Crippen LogP contribution in [-0.4, -0.2) is 29.4 Å². The van der Waals surface area contributed by atoms with Crippen molar-refractivity contribution in [1.29, 1.82) is 0 Å². The number of carboxylic acid groups (broad SMARTS) is 1. The maximum absolute atomic E-state index is 13.0. The van der Waals surface area contributed by atoms with Crippen LogP contribution < -0.4 is 0 Å². The van der Waals surface area contributed by atoms with Gasteiger partial charge in [0.15, 0.2) is 0 Å². The Morgan fingerprint density at radius 2 is 1.49 bits per heavy atom. The Kier molecular flexibility index (Phi) is 7.20. The number of hydrogen-bond donors (Lipinski definition) is 1. The van der Waals surface area contributed by atoms with E-state index in [0.717, 1.165) is 31.1 Å².